The van der Waals surface area contributed by atoms with E-state index in [0.717, 1.165) is 54.9 Å². The minimum absolute atomic E-state index is 0.625. The van der Waals surface area contributed by atoms with Crippen LogP contribution in [0, 0.1) is 6.92 Å². The van der Waals surface area contributed by atoms with Gasteiger partial charge in [-0.05, 0) is 55.6 Å². The Morgan fingerprint density at radius 1 is 1.09 bits per heavy atom. The number of imidazole rings is 1. The van der Waals surface area contributed by atoms with Crippen LogP contribution in [0.3, 0.4) is 0 Å². The Hall–Kier alpha value is -3.35. The number of pyridine rings is 1. The number of carbonyl (C=O) groups excluding carboxylic acids is 1. The number of hydrogen-bond acceptors (Lipinski definition) is 5. The van der Waals surface area contributed by atoms with Gasteiger partial charge in [-0.15, -0.1) is 0 Å². The number of nitrogens with one attached hydrogen (secondary N) is 2. The van der Waals surface area contributed by atoms with Crippen molar-refractivity contribution in [2.75, 3.05) is 20.3 Å². The lowest BCUT2D eigenvalue weighted by Crippen LogP contribution is -2.07. The van der Waals surface area contributed by atoms with Crippen LogP contribution < -0.4 is 5.32 Å². The molecule has 0 aliphatic heterocycles. The summed E-state index contributed by atoms with van der Waals surface area (Å²) in [6.45, 7) is 6.37. The van der Waals surface area contributed by atoms with E-state index in [1.165, 1.54) is 22.3 Å². The first-order valence-corrected chi connectivity index (χ1v) is 11.3. The zero-order valence-electron chi connectivity index (χ0n) is 19.6. The maximum absolute atomic E-state index is 9.71. The summed E-state index contributed by atoms with van der Waals surface area (Å²) in [5.41, 5.74) is 7.96. The molecular formula is C27H32N4O2. The topological polar surface area (TPSA) is 79.9 Å². The number of hydrogen-bond donors (Lipinski definition) is 2. The summed E-state index contributed by atoms with van der Waals surface area (Å²) in [4.78, 5) is 22.1. The first-order valence-electron chi connectivity index (χ1n) is 11.3. The Balaban J connectivity index is 0.000000331. The molecule has 6 nitrogen and oxygen atoms in total. The number of carbonyl (C=O) groups is 1. The number of H-pyrrole nitrogens is 1. The predicted molar refractivity (Wildman–Crippen MR) is 134 cm³/mol. The molecule has 0 aliphatic carbocycles. The van der Waals surface area contributed by atoms with E-state index >= 15 is 0 Å². The van der Waals surface area contributed by atoms with Crippen molar-refractivity contribution >= 4 is 17.3 Å². The second kappa shape index (κ2) is 12.6. The molecule has 6 heteroatoms. The van der Waals surface area contributed by atoms with Gasteiger partial charge < -0.3 is 19.8 Å². The van der Waals surface area contributed by atoms with Gasteiger partial charge in [0, 0.05) is 37.9 Å². The molecule has 2 aromatic heterocycles. The van der Waals surface area contributed by atoms with Crippen molar-refractivity contribution in [2.24, 2.45) is 0 Å². The fourth-order valence-corrected chi connectivity index (χ4v) is 3.70. The molecule has 0 fully saturated rings. The van der Waals surface area contributed by atoms with Crippen molar-refractivity contribution in [3.8, 4) is 22.5 Å². The van der Waals surface area contributed by atoms with E-state index in [9.17, 15) is 4.79 Å². The number of ether oxygens (including phenoxy) is 1. The molecule has 0 atom stereocenters. The predicted octanol–water partition coefficient (Wildman–Crippen LogP) is 5.32. The number of fused-ring (bicyclic) bond motifs is 1. The van der Waals surface area contributed by atoms with Crippen molar-refractivity contribution in [1.82, 2.24) is 20.3 Å². The summed E-state index contributed by atoms with van der Waals surface area (Å²) < 4.78 is 4.98. The van der Waals surface area contributed by atoms with E-state index in [1.54, 1.807) is 6.20 Å². The summed E-state index contributed by atoms with van der Waals surface area (Å²) >= 11 is 0. The summed E-state index contributed by atoms with van der Waals surface area (Å²) in [6, 6.07) is 16.8. The molecule has 172 valence electrons. The lowest BCUT2D eigenvalue weighted by molar-refractivity contribution is -0.108. The van der Waals surface area contributed by atoms with Gasteiger partial charge in [-0.25, -0.2) is 4.98 Å². The molecule has 0 saturated heterocycles. The van der Waals surface area contributed by atoms with Gasteiger partial charge in [-0.3, -0.25) is 4.98 Å². The molecular weight excluding hydrogens is 412 g/mol. The van der Waals surface area contributed by atoms with Gasteiger partial charge in [-0.1, -0.05) is 42.5 Å². The minimum Gasteiger partial charge on any atom is -0.382 e. The van der Waals surface area contributed by atoms with Crippen molar-refractivity contribution in [3.63, 3.8) is 0 Å². The van der Waals surface area contributed by atoms with Crippen LogP contribution in [0.15, 0.2) is 60.9 Å². The van der Waals surface area contributed by atoms with Gasteiger partial charge in [0.25, 0.3) is 0 Å². The van der Waals surface area contributed by atoms with Crippen molar-refractivity contribution in [1.29, 1.82) is 0 Å². The molecule has 0 amide bonds. The average Bonchev–Trinajstić information content (AvgIpc) is 3.27. The van der Waals surface area contributed by atoms with E-state index in [2.05, 4.69) is 64.7 Å². The standard InChI is InChI=1S/C21H20N4.C6H12O2/c1-14-6-3-4-8-16(14)20-15(12-22-2)7-5-9-17(20)21-24-18-10-11-23-13-19(18)25-21;1-2-8-6-4-3-5-7/h3-11,13,22H,12H2,1-2H3,(H,24,25);5H,2-4,6H2,1H3. The zero-order chi connectivity index (χ0) is 23.5. The highest BCUT2D eigenvalue weighted by molar-refractivity contribution is 5.88. The molecule has 0 aliphatic rings. The zero-order valence-corrected chi connectivity index (χ0v) is 19.6. The van der Waals surface area contributed by atoms with Crippen LogP contribution in [-0.4, -0.2) is 41.5 Å². The third-order valence-electron chi connectivity index (χ3n) is 5.29. The lowest BCUT2D eigenvalue weighted by Gasteiger charge is -2.16. The van der Waals surface area contributed by atoms with Gasteiger partial charge in [0.15, 0.2) is 0 Å². The van der Waals surface area contributed by atoms with E-state index in [4.69, 9.17) is 9.72 Å². The van der Waals surface area contributed by atoms with Crippen LogP contribution in [0.25, 0.3) is 33.5 Å². The van der Waals surface area contributed by atoms with E-state index in [1.807, 2.05) is 26.2 Å². The number of nitrogens with zero attached hydrogens (tertiary/aromatic N) is 2. The maximum Gasteiger partial charge on any atom is 0.139 e. The summed E-state index contributed by atoms with van der Waals surface area (Å²) in [7, 11) is 1.97. The third kappa shape index (κ3) is 6.34. The maximum atomic E-state index is 9.71. The highest BCUT2D eigenvalue weighted by Gasteiger charge is 2.16. The molecule has 2 aromatic carbocycles. The van der Waals surface area contributed by atoms with Crippen molar-refractivity contribution in [2.45, 2.75) is 33.2 Å². The summed E-state index contributed by atoms with van der Waals surface area (Å²) in [5.74, 6) is 0.874. The largest absolute Gasteiger partial charge is 0.382 e. The minimum atomic E-state index is 0.625. The molecule has 0 unspecified atom stereocenters. The number of benzene rings is 2. The molecule has 4 rings (SSSR count). The molecule has 0 spiro atoms. The third-order valence-corrected chi connectivity index (χ3v) is 5.29. The second-order valence-electron chi connectivity index (χ2n) is 7.67. The number of aromatic amines is 1. The highest BCUT2D eigenvalue weighted by Crippen LogP contribution is 2.36. The Morgan fingerprint density at radius 2 is 1.91 bits per heavy atom. The average molecular weight is 445 g/mol. The Morgan fingerprint density at radius 3 is 2.64 bits per heavy atom. The van der Waals surface area contributed by atoms with Crippen LogP contribution in [-0.2, 0) is 16.1 Å². The van der Waals surface area contributed by atoms with Crippen LogP contribution in [0.1, 0.15) is 30.9 Å². The highest BCUT2D eigenvalue weighted by atomic mass is 16.5. The van der Waals surface area contributed by atoms with Gasteiger partial charge in [0.1, 0.15) is 12.1 Å². The summed E-state index contributed by atoms with van der Waals surface area (Å²) in [6.07, 6.45) is 5.99. The van der Waals surface area contributed by atoms with Crippen LogP contribution >= 0.6 is 0 Å². The van der Waals surface area contributed by atoms with Gasteiger partial charge in [0.05, 0.1) is 17.2 Å². The Kier molecular flexibility index (Phi) is 9.30. The molecule has 33 heavy (non-hydrogen) atoms. The molecule has 2 N–H and O–H groups in total. The van der Waals surface area contributed by atoms with Crippen molar-refractivity contribution in [3.05, 3.63) is 72.1 Å². The van der Waals surface area contributed by atoms with E-state index in [-0.39, 0.29) is 0 Å². The van der Waals surface area contributed by atoms with Crippen LogP contribution in [0.2, 0.25) is 0 Å². The smallest absolute Gasteiger partial charge is 0.139 e. The first-order chi connectivity index (χ1) is 16.2. The van der Waals surface area contributed by atoms with Crippen LogP contribution in [0.5, 0.6) is 0 Å². The molecule has 0 radical (unpaired) electrons. The molecule has 4 aromatic rings. The quantitative estimate of drug-likeness (QED) is 0.270. The number of unbranched alkanes of at least 4 members (excludes halogenated alkanes) is 1. The number of aldehydes is 1. The van der Waals surface area contributed by atoms with Gasteiger partial charge in [-0.2, -0.15) is 0 Å². The van der Waals surface area contributed by atoms with Crippen LogP contribution in [0.4, 0.5) is 0 Å². The van der Waals surface area contributed by atoms with Gasteiger partial charge >= 0.3 is 0 Å². The van der Waals surface area contributed by atoms with Crippen molar-refractivity contribution < 1.29 is 9.53 Å². The Labute approximate surface area is 195 Å². The number of rotatable bonds is 9. The molecule has 0 bridgehead atoms. The molecule has 2 heterocycles. The first kappa shape index (κ1) is 24.3. The lowest BCUT2D eigenvalue weighted by atomic mass is 9.91. The van der Waals surface area contributed by atoms with Gasteiger partial charge in [0.2, 0.25) is 0 Å². The summed E-state index contributed by atoms with van der Waals surface area (Å²) in [5, 5.41) is 3.28. The second-order valence-corrected chi connectivity index (χ2v) is 7.67. The fraction of sp³-hybridized carbons (Fsp3) is 0.296. The monoisotopic (exact) mass is 444 g/mol. The normalized spacial score (nSPS) is 10.6. The number of aryl methyl sites for hydroxylation is 1. The molecule has 0 saturated carbocycles. The van der Waals surface area contributed by atoms with E-state index < -0.39 is 0 Å². The van der Waals surface area contributed by atoms with E-state index in [0.29, 0.717) is 6.42 Å². The SMILES string of the molecule is CCOCCCC=O.CNCc1cccc(-c2nc3ccncc3[nH]2)c1-c1ccccc1C. The fourth-order valence-electron chi connectivity index (χ4n) is 3.70. The Bertz CT molecular complexity index is 1140. The number of aromatic nitrogens is 3.